The summed E-state index contributed by atoms with van der Waals surface area (Å²) in [5, 5.41) is 9.53. The molecule has 2 saturated heterocycles. The van der Waals surface area contributed by atoms with Crippen LogP contribution in [0.4, 0.5) is 0 Å². The number of esters is 1. The standard InChI is InChI=1S/C18H28O6/c1-2-3-4-6-18(22-8-9-23-18)7-5-12-13-11-16(19)24-15(13)10-14(12)17(20)21/h12-15H,2-11H2,1H3,(H,20,21)/t12-,13-,14?,15?/m1/s1. The van der Waals surface area contributed by atoms with Crippen LogP contribution >= 0.6 is 0 Å². The van der Waals surface area contributed by atoms with Crippen LogP contribution in [0, 0.1) is 17.8 Å². The molecule has 4 atom stereocenters. The summed E-state index contributed by atoms with van der Waals surface area (Å²) in [5.74, 6) is -1.95. The molecule has 0 aromatic rings. The molecule has 6 nitrogen and oxygen atoms in total. The molecule has 1 aliphatic carbocycles. The van der Waals surface area contributed by atoms with Gasteiger partial charge in [-0.3, -0.25) is 9.59 Å². The molecule has 3 fully saturated rings. The Hall–Kier alpha value is -1.14. The molecule has 1 N–H and O–H groups in total. The highest BCUT2D eigenvalue weighted by atomic mass is 16.7. The molecule has 0 radical (unpaired) electrons. The Labute approximate surface area is 142 Å². The van der Waals surface area contributed by atoms with Crippen molar-refractivity contribution in [3.8, 4) is 0 Å². The summed E-state index contributed by atoms with van der Waals surface area (Å²) in [5.41, 5.74) is 0. The normalized spacial score (nSPS) is 34.3. The van der Waals surface area contributed by atoms with Crippen LogP contribution in [0.2, 0.25) is 0 Å². The van der Waals surface area contributed by atoms with Gasteiger partial charge < -0.3 is 19.3 Å². The van der Waals surface area contributed by atoms with Crippen molar-refractivity contribution in [2.24, 2.45) is 17.8 Å². The second-order valence-corrected chi connectivity index (χ2v) is 7.34. The van der Waals surface area contributed by atoms with Crippen LogP contribution in [-0.4, -0.2) is 42.1 Å². The molecule has 0 bridgehead atoms. The summed E-state index contributed by atoms with van der Waals surface area (Å²) in [7, 11) is 0. The number of unbranched alkanes of at least 4 members (excludes halogenated alkanes) is 2. The van der Waals surface area contributed by atoms with Gasteiger partial charge >= 0.3 is 11.9 Å². The van der Waals surface area contributed by atoms with E-state index in [0.29, 0.717) is 38.9 Å². The molecular weight excluding hydrogens is 312 g/mol. The Morgan fingerprint density at radius 1 is 1.25 bits per heavy atom. The van der Waals surface area contributed by atoms with Crippen LogP contribution in [-0.2, 0) is 23.8 Å². The van der Waals surface area contributed by atoms with Crippen LogP contribution in [0.15, 0.2) is 0 Å². The largest absolute Gasteiger partial charge is 0.481 e. The maximum atomic E-state index is 11.6. The zero-order chi connectivity index (χ0) is 17.2. The minimum absolute atomic E-state index is 0.0326. The fraction of sp³-hybridized carbons (Fsp3) is 0.889. The van der Waals surface area contributed by atoms with E-state index in [4.69, 9.17) is 14.2 Å². The van der Waals surface area contributed by atoms with Crippen molar-refractivity contribution in [3.05, 3.63) is 0 Å². The zero-order valence-electron chi connectivity index (χ0n) is 14.4. The quantitative estimate of drug-likeness (QED) is 0.540. The third-order valence-corrected chi connectivity index (χ3v) is 5.87. The monoisotopic (exact) mass is 340 g/mol. The molecule has 3 rings (SSSR count). The van der Waals surface area contributed by atoms with Crippen LogP contribution in [0.25, 0.3) is 0 Å². The number of rotatable bonds is 8. The van der Waals surface area contributed by atoms with Gasteiger partial charge in [0.2, 0.25) is 0 Å². The number of carbonyl (C=O) groups is 2. The lowest BCUT2D eigenvalue weighted by atomic mass is 9.82. The van der Waals surface area contributed by atoms with Crippen molar-refractivity contribution < 1.29 is 28.9 Å². The first-order valence-electron chi connectivity index (χ1n) is 9.25. The third kappa shape index (κ3) is 3.59. The highest BCUT2D eigenvalue weighted by Crippen LogP contribution is 2.48. The summed E-state index contributed by atoms with van der Waals surface area (Å²) < 4.78 is 17.1. The molecule has 24 heavy (non-hydrogen) atoms. The second-order valence-electron chi connectivity index (χ2n) is 7.34. The topological polar surface area (TPSA) is 82.1 Å². The van der Waals surface area contributed by atoms with Gasteiger partial charge in [0.15, 0.2) is 5.79 Å². The number of carboxylic acids is 1. The summed E-state index contributed by atoms with van der Waals surface area (Å²) in [6.45, 7) is 3.37. The Morgan fingerprint density at radius 2 is 2.00 bits per heavy atom. The smallest absolute Gasteiger partial charge is 0.306 e. The molecule has 2 unspecified atom stereocenters. The summed E-state index contributed by atoms with van der Waals surface area (Å²) in [6.07, 6.45) is 6.18. The minimum atomic E-state index is -0.779. The molecule has 1 saturated carbocycles. The SMILES string of the molecule is CCCCCC1(CC[C@H]2C(C(=O)O)CC3OC(=O)C[C@@H]32)OCCO1. The van der Waals surface area contributed by atoms with Crippen LogP contribution in [0.3, 0.4) is 0 Å². The number of aliphatic carboxylic acids is 1. The van der Waals surface area contributed by atoms with Crippen molar-refractivity contribution in [3.63, 3.8) is 0 Å². The van der Waals surface area contributed by atoms with E-state index < -0.39 is 17.7 Å². The van der Waals surface area contributed by atoms with Crippen LogP contribution in [0.1, 0.15) is 58.3 Å². The highest BCUT2D eigenvalue weighted by molar-refractivity contribution is 5.75. The van der Waals surface area contributed by atoms with Crippen LogP contribution in [0.5, 0.6) is 0 Å². The van der Waals surface area contributed by atoms with Gasteiger partial charge in [-0.1, -0.05) is 19.8 Å². The molecule has 2 heterocycles. The fourth-order valence-corrected chi connectivity index (χ4v) is 4.64. The van der Waals surface area contributed by atoms with E-state index in [2.05, 4.69) is 6.92 Å². The lowest BCUT2D eigenvalue weighted by molar-refractivity contribution is -0.172. The first kappa shape index (κ1) is 17.7. The molecule has 0 amide bonds. The lowest BCUT2D eigenvalue weighted by Gasteiger charge is -2.30. The van der Waals surface area contributed by atoms with Gasteiger partial charge in [-0.25, -0.2) is 0 Å². The first-order chi connectivity index (χ1) is 11.5. The predicted octanol–water partition coefficient (Wildman–Crippen LogP) is 2.74. The Bertz CT molecular complexity index is 470. The molecule has 2 aliphatic heterocycles. The van der Waals surface area contributed by atoms with Crippen molar-refractivity contribution in [2.75, 3.05) is 13.2 Å². The van der Waals surface area contributed by atoms with E-state index in [0.717, 1.165) is 25.7 Å². The zero-order valence-corrected chi connectivity index (χ0v) is 14.4. The van der Waals surface area contributed by atoms with Gasteiger partial charge in [0, 0.05) is 18.8 Å². The lowest BCUT2D eigenvalue weighted by Crippen LogP contribution is -2.33. The van der Waals surface area contributed by atoms with Gasteiger partial charge in [0.05, 0.1) is 25.6 Å². The van der Waals surface area contributed by atoms with E-state index in [-0.39, 0.29) is 23.9 Å². The van der Waals surface area contributed by atoms with E-state index >= 15 is 0 Å². The van der Waals surface area contributed by atoms with Crippen molar-refractivity contribution in [1.29, 1.82) is 0 Å². The summed E-state index contributed by atoms with van der Waals surface area (Å²) >= 11 is 0. The average Bonchev–Trinajstić information content (AvgIpc) is 3.21. The number of hydrogen-bond donors (Lipinski definition) is 1. The third-order valence-electron chi connectivity index (χ3n) is 5.87. The minimum Gasteiger partial charge on any atom is -0.481 e. The van der Waals surface area contributed by atoms with Crippen molar-refractivity contribution in [2.45, 2.75) is 70.2 Å². The number of ether oxygens (including phenoxy) is 3. The highest BCUT2D eigenvalue weighted by Gasteiger charge is 2.53. The molecule has 0 aromatic heterocycles. The van der Waals surface area contributed by atoms with E-state index in [1.165, 1.54) is 0 Å². The number of carbonyl (C=O) groups excluding carboxylic acids is 1. The van der Waals surface area contributed by atoms with Crippen LogP contribution < -0.4 is 0 Å². The fourth-order valence-electron chi connectivity index (χ4n) is 4.64. The van der Waals surface area contributed by atoms with E-state index in [1.807, 2.05) is 0 Å². The molecule has 136 valence electrons. The first-order valence-corrected chi connectivity index (χ1v) is 9.25. The number of carboxylic acid groups (broad SMARTS) is 1. The predicted molar refractivity (Wildman–Crippen MR) is 85.2 cm³/mol. The van der Waals surface area contributed by atoms with Gasteiger partial charge in [0.1, 0.15) is 6.10 Å². The molecule has 0 aromatic carbocycles. The van der Waals surface area contributed by atoms with Gasteiger partial charge in [-0.15, -0.1) is 0 Å². The molecular formula is C18H28O6. The summed E-state index contributed by atoms with van der Waals surface area (Å²) in [4.78, 5) is 23.2. The second kappa shape index (κ2) is 7.40. The van der Waals surface area contributed by atoms with Gasteiger partial charge in [-0.2, -0.15) is 0 Å². The van der Waals surface area contributed by atoms with Crippen molar-refractivity contribution >= 4 is 11.9 Å². The Balaban J connectivity index is 1.63. The average molecular weight is 340 g/mol. The summed E-state index contributed by atoms with van der Waals surface area (Å²) in [6, 6.07) is 0. The Morgan fingerprint density at radius 3 is 2.67 bits per heavy atom. The molecule has 6 heteroatoms. The van der Waals surface area contributed by atoms with Crippen molar-refractivity contribution in [1.82, 2.24) is 0 Å². The Kier molecular flexibility index (Phi) is 5.45. The number of hydrogen-bond acceptors (Lipinski definition) is 5. The van der Waals surface area contributed by atoms with E-state index in [1.54, 1.807) is 0 Å². The maximum absolute atomic E-state index is 11.6. The maximum Gasteiger partial charge on any atom is 0.306 e. The number of fused-ring (bicyclic) bond motifs is 1. The molecule has 0 spiro atoms. The molecule has 3 aliphatic rings. The van der Waals surface area contributed by atoms with Gasteiger partial charge in [-0.05, 0) is 25.2 Å². The van der Waals surface area contributed by atoms with Gasteiger partial charge in [0.25, 0.3) is 0 Å². The van der Waals surface area contributed by atoms with E-state index in [9.17, 15) is 14.7 Å².